The Bertz CT molecular complexity index is 389. The summed E-state index contributed by atoms with van der Waals surface area (Å²) in [6.07, 6.45) is 1.73. The normalized spacial score (nSPS) is 23.9. The quantitative estimate of drug-likeness (QED) is 0.861. The molecule has 1 aromatic carbocycles. The summed E-state index contributed by atoms with van der Waals surface area (Å²) in [6, 6.07) is 5.56. The van der Waals surface area contributed by atoms with Gasteiger partial charge in [0.25, 0.3) is 0 Å². The van der Waals surface area contributed by atoms with Crippen LogP contribution in [0.15, 0.2) is 18.2 Å². The second kappa shape index (κ2) is 6.16. The third-order valence-electron chi connectivity index (χ3n) is 3.38. The Labute approximate surface area is 108 Å². The molecule has 0 amide bonds. The molecule has 1 saturated heterocycles. The van der Waals surface area contributed by atoms with Crippen LogP contribution < -0.4 is 10.6 Å². The number of morpholine rings is 1. The number of anilines is 1. The Morgan fingerprint density at radius 3 is 3.00 bits per heavy atom. The zero-order valence-corrected chi connectivity index (χ0v) is 11.0. The molecule has 4 heteroatoms. The minimum Gasteiger partial charge on any atom is -0.388 e. The molecule has 100 valence electrons. The Morgan fingerprint density at radius 2 is 2.33 bits per heavy atom. The van der Waals surface area contributed by atoms with Crippen molar-refractivity contribution in [2.45, 2.75) is 31.9 Å². The lowest BCUT2D eigenvalue weighted by Gasteiger charge is -2.28. The van der Waals surface area contributed by atoms with Gasteiger partial charge in [0.15, 0.2) is 0 Å². The van der Waals surface area contributed by atoms with Gasteiger partial charge in [0.1, 0.15) is 5.82 Å². The first-order chi connectivity index (χ1) is 8.70. The van der Waals surface area contributed by atoms with Gasteiger partial charge >= 0.3 is 0 Å². The van der Waals surface area contributed by atoms with Crippen molar-refractivity contribution in [2.75, 3.05) is 25.5 Å². The van der Waals surface area contributed by atoms with Crippen molar-refractivity contribution in [1.29, 1.82) is 0 Å². The number of rotatable bonds is 4. The third kappa shape index (κ3) is 3.21. The molecule has 0 spiro atoms. The van der Waals surface area contributed by atoms with Crippen LogP contribution >= 0.6 is 0 Å². The number of hydrogen-bond acceptors (Lipinski definition) is 3. The van der Waals surface area contributed by atoms with Crippen LogP contribution in [-0.4, -0.2) is 32.3 Å². The first kappa shape index (κ1) is 13.3. The maximum absolute atomic E-state index is 13.8. The highest BCUT2D eigenvalue weighted by molar-refractivity contribution is 5.51. The lowest BCUT2D eigenvalue weighted by atomic mass is 10.0. The van der Waals surface area contributed by atoms with E-state index in [4.69, 9.17) is 4.74 Å². The fourth-order valence-electron chi connectivity index (χ4n) is 2.27. The molecule has 0 radical (unpaired) electrons. The van der Waals surface area contributed by atoms with Gasteiger partial charge in [-0.2, -0.15) is 0 Å². The number of benzene rings is 1. The van der Waals surface area contributed by atoms with Gasteiger partial charge in [-0.25, -0.2) is 4.39 Å². The minimum absolute atomic E-state index is 0.140. The summed E-state index contributed by atoms with van der Waals surface area (Å²) in [6.45, 7) is 3.69. The largest absolute Gasteiger partial charge is 0.388 e. The van der Waals surface area contributed by atoms with Crippen molar-refractivity contribution < 1.29 is 9.13 Å². The van der Waals surface area contributed by atoms with Crippen molar-refractivity contribution in [1.82, 2.24) is 5.32 Å². The molecule has 2 atom stereocenters. The standard InChI is InChI=1S/C14H21FN2O/c1-10-9-18-11(8-17-10)6-7-12-13(15)4-3-5-14(12)16-2/h3-5,10-11,16-17H,6-9H2,1-2H3/t10-,11-/m1/s1. The number of halogens is 1. The third-order valence-corrected chi connectivity index (χ3v) is 3.38. The zero-order chi connectivity index (χ0) is 13.0. The van der Waals surface area contributed by atoms with E-state index in [1.807, 2.05) is 13.1 Å². The van der Waals surface area contributed by atoms with E-state index in [1.54, 1.807) is 6.07 Å². The van der Waals surface area contributed by atoms with Gasteiger partial charge in [-0.15, -0.1) is 0 Å². The van der Waals surface area contributed by atoms with Crippen molar-refractivity contribution in [2.24, 2.45) is 0 Å². The van der Waals surface area contributed by atoms with E-state index in [2.05, 4.69) is 17.6 Å². The van der Waals surface area contributed by atoms with E-state index in [0.717, 1.165) is 30.8 Å². The van der Waals surface area contributed by atoms with Crippen LogP contribution in [0.1, 0.15) is 18.9 Å². The van der Waals surface area contributed by atoms with E-state index in [0.29, 0.717) is 12.5 Å². The van der Waals surface area contributed by atoms with Crippen LogP contribution in [0.3, 0.4) is 0 Å². The highest BCUT2D eigenvalue weighted by atomic mass is 19.1. The minimum atomic E-state index is -0.140. The molecule has 1 fully saturated rings. The number of nitrogens with one attached hydrogen (secondary N) is 2. The molecule has 0 unspecified atom stereocenters. The zero-order valence-electron chi connectivity index (χ0n) is 11.0. The second-order valence-electron chi connectivity index (χ2n) is 4.82. The predicted octanol–water partition coefficient (Wildman–Crippen LogP) is 2.18. The van der Waals surface area contributed by atoms with Crippen LogP contribution in [0.2, 0.25) is 0 Å². The molecular weight excluding hydrogens is 231 g/mol. The fraction of sp³-hybridized carbons (Fsp3) is 0.571. The number of hydrogen-bond donors (Lipinski definition) is 2. The summed E-state index contributed by atoms with van der Waals surface area (Å²) < 4.78 is 19.5. The van der Waals surface area contributed by atoms with Crippen molar-refractivity contribution in [3.05, 3.63) is 29.6 Å². The summed E-state index contributed by atoms with van der Waals surface area (Å²) in [5, 5.41) is 6.41. The highest BCUT2D eigenvalue weighted by Gasteiger charge is 2.18. The van der Waals surface area contributed by atoms with Crippen LogP contribution in [0, 0.1) is 5.82 Å². The molecule has 18 heavy (non-hydrogen) atoms. The van der Waals surface area contributed by atoms with Crippen LogP contribution in [0.4, 0.5) is 10.1 Å². The monoisotopic (exact) mass is 252 g/mol. The Kier molecular flexibility index (Phi) is 4.55. The molecule has 2 rings (SSSR count). The molecule has 0 saturated carbocycles. The molecule has 0 aromatic heterocycles. The smallest absolute Gasteiger partial charge is 0.128 e. The maximum atomic E-state index is 13.8. The predicted molar refractivity (Wildman–Crippen MR) is 71.5 cm³/mol. The SMILES string of the molecule is CNc1cccc(F)c1CC[C@@H]1CN[C@H](C)CO1. The molecule has 0 bridgehead atoms. The van der Waals surface area contributed by atoms with E-state index < -0.39 is 0 Å². The molecule has 1 aromatic rings. The Balaban J connectivity index is 1.93. The summed E-state index contributed by atoms with van der Waals surface area (Å²) in [4.78, 5) is 0. The molecule has 0 aliphatic carbocycles. The van der Waals surface area contributed by atoms with E-state index in [9.17, 15) is 4.39 Å². The molecule has 1 aliphatic heterocycles. The average Bonchev–Trinajstić information content (AvgIpc) is 2.39. The van der Waals surface area contributed by atoms with E-state index in [1.165, 1.54) is 6.07 Å². The first-order valence-electron chi connectivity index (χ1n) is 6.51. The van der Waals surface area contributed by atoms with Crippen molar-refractivity contribution in [3.63, 3.8) is 0 Å². The van der Waals surface area contributed by atoms with Gasteiger partial charge in [-0.05, 0) is 31.9 Å². The Hall–Kier alpha value is -1.13. The summed E-state index contributed by atoms with van der Waals surface area (Å²) >= 11 is 0. The van der Waals surface area contributed by atoms with Gasteiger partial charge < -0.3 is 15.4 Å². The molecule has 1 aliphatic rings. The molecule has 3 nitrogen and oxygen atoms in total. The topological polar surface area (TPSA) is 33.3 Å². The summed E-state index contributed by atoms with van der Waals surface area (Å²) in [7, 11) is 1.82. The molecule has 2 N–H and O–H groups in total. The number of ether oxygens (including phenoxy) is 1. The highest BCUT2D eigenvalue weighted by Crippen LogP contribution is 2.21. The van der Waals surface area contributed by atoms with Gasteiger partial charge in [-0.1, -0.05) is 6.07 Å². The first-order valence-corrected chi connectivity index (χ1v) is 6.51. The summed E-state index contributed by atoms with van der Waals surface area (Å²) in [5.74, 6) is -0.140. The fourth-order valence-corrected chi connectivity index (χ4v) is 2.27. The van der Waals surface area contributed by atoms with Crippen LogP contribution in [0.25, 0.3) is 0 Å². The molecule has 1 heterocycles. The second-order valence-corrected chi connectivity index (χ2v) is 4.82. The lowest BCUT2D eigenvalue weighted by Crippen LogP contribution is -2.44. The van der Waals surface area contributed by atoms with E-state index >= 15 is 0 Å². The van der Waals surface area contributed by atoms with E-state index in [-0.39, 0.29) is 11.9 Å². The van der Waals surface area contributed by atoms with Gasteiger partial charge in [-0.3, -0.25) is 0 Å². The van der Waals surface area contributed by atoms with Gasteiger partial charge in [0.05, 0.1) is 12.7 Å². The van der Waals surface area contributed by atoms with Crippen LogP contribution in [0.5, 0.6) is 0 Å². The summed E-state index contributed by atoms with van der Waals surface area (Å²) in [5.41, 5.74) is 1.62. The Morgan fingerprint density at radius 1 is 1.50 bits per heavy atom. The van der Waals surface area contributed by atoms with Crippen molar-refractivity contribution >= 4 is 5.69 Å². The van der Waals surface area contributed by atoms with Crippen molar-refractivity contribution in [3.8, 4) is 0 Å². The average molecular weight is 252 g/mol. The van der Waals surface area contributed by atoms with Crippen LogP contribution in [-0.2, 0) is 11.2 Å². The lowest BCUT2D eigenvalue weighted by molar-refractivity contribution is 0.00389. The van der Waals surface area contributed by atoms with Gasteiger partial charge in [0, 0.05) is 30.9 Å². The maximum Gasteiger partial charge on any atom is 0.128 e. The molecular formula is C14H21FN2O. The van der Waals surface area contributed by atoms with Gasteiger partial charge in [0.2, 0.25) is 0 Å².